The summed E-state index contributed by atoms with van der Waals surface area (Å²) in [5.74, 6) is 0. The molecule has 0 radical (unpaired) electrons. The largest absolute Gasteiger partial charge is 0.291 e. The van der Waals surface area contributed by atoms with Crippen molar-refractivity contribution in [1.29, 1.82) is 5.26 Å². The zero-order valence-corrected chi connectivity index (χ0v) is 7.76. The topological polar surface area (TPSA) is 27.0 Å². The summed E-state index contributed by atoms with van der Waals surface area (Å²) in [6.07, 6.45) is 8.04. The van der Waals surface area contributed by atoms with Gasteiger partial charge in [0.05, 0.1) is 12.6 Å². The van der Waals surface area contributed by atoms with Gasteiger partial charge in [-0.25, -0.2) is 0 Å². The average Bonchev–Trinajstić information content (AvgIpc) is 2.19. The van der Waals surface area contributed by atoms with Gasteiger partial charge in [-0.1, -0.05) is 25.7 Å². The molecule has 0 unspecified atom stereocenters. The van der Waals surface area contributed by atoms with E-state index in [-0.39, 0.29) is 0 Å². The molecule has 1 heterocycles. The highest BCUT2D eigenvalue weighted by atomic mass is 15.1. The lowest BCUT2D eigenvalue weighted by Gasteiger charge is -2.16. The summed E-state index contributed by atoms with van der Waals surface area (Å²) in [6, 6.07) is 2.23. The van der Waals surface area contributed by atoms with Crippen LogP contribution in [0.3, 0.4) is 0 Å². The second-order valence-electron chi connectivity index (χ2n) is 3.56. The second kappa shape index (κ2) is 6.02. The smallest absolute Gasteiger partial charge is 0.0865 e. The van der Waals surface area contributed by atoms with Crippen molar-refractivity contribution in [3.8, 4) is 6.07 Å². The van der Waals surface area contributed by atoms with Crippen LogP contribution in [0, 0.1) is 11.3 Å². The Balaban J connectivity index is 2.24. The number of hydrogen-bond donors (Lipinski definition) is 0. The van der Waals surface area contributed by atoms with Crippen LogP contribution in [0.25, 0.3) is 0 Å². The molecule has 0 N–H and O–H groups in total. The predicted octanol–water partition coefficient (Wildman–Crippen LogP) is 2.17. The Morgan fingerprint density at radius 1 is 0.917 bits per heavy atom. The van der Waals surface area contributed by atoms with Crippen LogP contribution in [0.4, 0.5) is 0 Å². The molecule has 0 aromatic rings. The van der Waals surface area contributed by atoms with Crippen LogP contribution in [0.5, 0.6) is 0 Å². The van der Waals surface area contributed by atoms with Crippen molar-refractivity contribution >= 4 is 0 Å². The van der Waals surface area contributed by atoms with Crippen LogP contribution in [-0.4, -0.2) is 24.5 Å². The number of nitrogens with zero attached hydrogens (tertiary/aromatic N) is 2. The fourth-order valence-corrected chi connectivity index (χ4v) is 1.75. The Hall–Kier alpha value is -0.550. The highest BCUT2D eigenvalue weighted by Crippen LogP contribution is 2.10. The number of nitriles is 1. The molecule has 2 nitrogen and oxygen atoms in total. The van der Waals surface area contributed by atoms with Gasteiger partial charge in [0.1, 0.15) is 0 Å². The first kappa shape index (κ1) is 9.54. The molecule has 0 aromatic heterocycles. The van der Waals surface area contributed by atoms with E-state index in [9.17, 15) is 0 Å². The van der Waals surface area contributed by atoms with Crippen LogP contribution in [0.15, 0.2) is 0 Å². The molecule has 0 bridgehead atoms. The summed E-state index contributed by atoms with van der Waals surface area (Å²) in [4.78, 5) is 2.28. The van der Waals surface area contributed by atoms with Crippen LogP contribution in [0.2, 0.25) is 0 Å². The summed E-state index contributed by atoms with van der Waals surface area (Å²) in [5, 5.41) is 8.56. The fraction of sp³-hybridized carbons (Fsp3) is 0.900. The van der Waals surface area contributed by atoms with E-state index in [1.165, 1.54) is 38.5 Å². The Kier molecular flexibility index (Phi) is 4.79. The molecule has 2 heteroatoms. The van der Waals surface area contributed by atoms with Gasteiger partial charge in [-0.2, -0.15) is 5.26 Å². The van der Waals surface area contributed by atoms with Crippen molar-refractivity contribution in [1.82, 2.24) is 4.90 Å². The molecule has 1 saturated heterocycles. The molecule has 0 amide bonds. The third-order valence-electron chi connectivity index (χ3n) is 2.49. The van der Waals surface area contributed by atoms with E-state index in [0.717, 1.165) is 13.1 Å². The zero-order valence-electron chi connectivity index (χ0n) is 7.76. The maximum Gasteiger partial charge on any atom is 0.0865 e. The molecular formula is C10H18N2. The summed E-state index contributed by atoms with van der Waals surface area (Å²) < 4.78 is 0. The zero-order chi connectivity index (χ0) is 8.65. The van der Waals surface area contributed by atoms with Gasteiger partial charge in [0.2, 0.25) is 0 Å². The summed E-state index contributed by atoms with van der Waals surface area (Å²) in [6.45, 7) is 2.89. The number of rotatable bonds is 1. The van der Waals surface area contributed by atoms with Gasteiger partial charge in [-0.05, 0) is 25.9 Å². The average molecular weight is 166 g/mol. The first-order chi connectivity index (χ1) is 5.93. The maximum absolute atomic E-state index is 8.56. The molecule has 68 valence electrons. The van der Waals surface area contributed by atoms with Crippen LogP contribution in [0.1, 0.15) is 38.5 Å². The Bertz CT molecular complexity index is 138. The van der Waals surface area contributed by atoms with Gasteiger partial charge in [0.15, 0.2) is 0 Å². The van der Waals surface area contributed by atoms with Gasteiger partial charge >= 0.3 is 0 Å². The molecular weight excluding hydrogens is 148 g/mol. The first-order valence-corrected chi connectivity index (χ1v) is 5.03. The lowest BCUT2D eigenvalue weighted by atomic mass is 10.1. The number of hydrogen-bond acceptors (Lipinski definition) is 2. The van der Waals surface area contributed by atoms with Crippen LogP contribution < -0.4 is 0 Å². The van der Waals surface area contributed by atoms with Crippen molar-refractivity contribution in [3.63, 3.8) is 0 Å². The standard InChI is InChI=1S/C10H18N2/c11-7-10-12-8-5-3-1-2-4-6-9-12/h1-6,8-10H2. The molecule has 0 atom stereocenters. The quantitative estimate of drug-likeness (QED) is 0.558. The molecule has 0 aliphatic carbocycles. The second-order valence-corrected chi connectivity index (χ2v) is 3.56. The monoisotopic (exact) mass is 166 g/mol. The van der Waals surface area contributed by atoms with E-state index in [2.05, 4.69) is 11.0 Å². The minimum absolute atomic E-state index is 0.625. The van der Waals surface area contributed by atoms with Gasteiger partial charge in [0.25, 0.3) is 0 Å². The van der Waals surface area contributed by atoms with Crippen molar-refractivity contribution in [2.24, 2.45) is 0 Å². The third kappa shape index (κ3) is 3.73. The van der Waals surface area contributed by atoms with Crippen molar-refractivity contribution in [2.75, 3.05) is 19.6 Å². The highest BCUT2D eigenvalue weighted by molar-refractivity contribution is 4.76. The summed E-state index contributed by atoms with van der Waals surface area (Å²) in [5.41, 5.74) is 0. The Morgan fingerprint density at radius 3 is 1.92 bits per heavy atom. The molecule has 0 spiro atoms. The van der Waals surface area contributed by atoms with Gasteiger partial charge in [-0.15, -0.1) is 0 Å². The highest BCUT2D eigenvalue weighted by Gasteiger charge is 2.05. The van der Waals surface area contributed by atoms with Crippen molar-refractivity contribution in [2.45, 2.75) is 38.5 Å². The van der Waals surface area contributed by atoms with Gasteiger partial charge in [-0.3, -0.25) is 4.90 Å². The molecule has 12 heavy (non-hydrogen) atoms. The van der Waals surface area contributed by atoms with E-state index < -0.39 is 0 Å². The van der Waals surface area contributed by atoms with E-state index >= 15 is 0 Å². The van der Waals surface area contributed by atoms with Crippen molar-refractivity contribution in [3.05, 3.63) is 0 Å². The predicted molar refractivity (Wildman–Crippen MR) is 49.8 cm³/mol. The molecule has 1 aliphatic rings. The molecule has 1 rings (SSSR count). The normalized spacial score (nSPS) is 21.9. The Morgan fingerprint density at radius 2 is 1.42 bits per heavy atom. The minimum atomic E-state index is 0.625. The molecule has 1 fully saturated rings. The Labute approximate surface area is 75.2 Å². The molecule has 0 saturated carbocycles. The minimum Gasteiger partial charge on any atom is -0.291 e. The SMILES string of the molecule is N#CCN1CCCCCCCC1. The molecule has 1 aliphatic heterocycles. The third-order valence-corrected chi connectivity index (χ3v) is 2.49. The summed E-state index contributed by atoms with van der Waals surface area (Å²) >= 11 is 0. The fourth-order valence-electron chi connectivity index (χ4n) is 1.75. The van der Waals surface area contributed by atoms with Crippen molar-refractivity contribution < 1.29 is 0 Å². The first-order valence-electron chi connectivity index (χ1n) is 5.03. The maximum atomic E-state index is 8.56. The lowest BCUT2D eigenvalue weighted by Crippen LogP contribution is -2.26. The van der Waals surface area contributed by atoms with E-state index in [1.807, 2.05) is 0 Å². The summed E-state index contributed by atoms with van der Waals surface area (Å²) in [7, 11) is 0. The lowest BCUT2D eigenvalue weighted by molar-refractivity contribution is 0.300. The van der Waals surface area contributed by atoms with Gasteiger partial charge < -0.3 is 0 Å². The van der Waals surface area contributed by atoms with E-state index in [1.54, 1.807) is 0 Å². The van der Waals surface area contributed by atoms with Crippen LogP contribution >= 0.6 is 0 Å². The van der Waals surface area contributed by atoms with E-state index in [0.29, 0.717) is 6.54 Å². The van der Waals surface area contributed by atoms with E-state index in [4.69, 9.17) is 5.26 Å². The van der Waals surface area contributed by atoms with Crippen LogP contribution in [-0.2, 0) is 0 Å². The molecule has 0 aromatic carbocycles. The van der Waals surface area contributed by atoms with Gasteiger partial charge in [0, 0.05) is 0 Å².